The highest BCUT2D eigenvalue weighted by Gasteiger charge is 2.77. The normalized spacial score (nSPS) is 30.9. The van der Waals surface area contributed by atoms with E-state index in [1.807, 2.05) is 4.90 Å². The lowest BCUT2D eigenvalue weighted by atomic mass is 9.66. The predicted octanol–water partition coefficient (Wildman–Crippen LogP) is 4.05. The van der Waals surface area contributed by atoms with Crippen LogP contribution in [0.1, 0.15) is 66.2 Å². The van der Waals surface area contributed by atoms with Gasteiger partial charge in [0.25, 0.3) is 0 Å². The van der Waals surface area contributed by atoms with Gasteiger partial charge in [-0.2, -0.15) is 0 Å². The summed E-state index contributed by atoms with van der Waals surface area (Å²) in [6, 6.07) is -1.20. The van der Waals surface area contributed by atoms with E-state index >= 15 is 0 Å². The zero-order valence-corrected chi connectivity index (χ0v) is 23.9. The van der Waals surface area contributed by atoms with Gasteiger partial charge in [-0.05, 0) is 43.9 Å². The third-order valence-electron chi connectivity index (χ3n) is 8.28. The average Bonchev–Trinajstić information content (AvgIpc) is 3.46. The molecule has 0 radical (unpaired) electrons. The van der Waals surface area contributed by atoms with Gasteiger partial charge in [0.1, 0.15) is 6.04 Å². The summed E-state index contributed by atoms with van der Waals surface area (Å²) in [7, 11) is 0. The monoisotopic (exact) mass is 534 g/mol. The lowest BCUT2D eigenvalue weighted by Gasteiger charge is -2.42. The smallest absolute Gasteiger partial charge is 0.310 e. The first-order valence-corrected chi connectivity index (χ1v) is 14.8. The van der Waals surface area contributed by atoms with E-state index in [1.54, 1.807) is 28.8 Å². The maximum Gasteiger partial charge on any atom is 0.310 e. The summed E-state index contributed by atoms with van der Waals surface area (Å²) in [6.45, 7) is 17.0. The third kappa shape index (κ3) is 5.51. The highest BCUT2D eigenvalue weighted by Crippen LogP contribution is 2.69. The van der Waals surface area contributed by atoms with Crippen molar-refractivity contribution in [3.05, 3.63) is 25.3 Å². The number of hydrogen-bond donors (Lipinski definition) is 1. The van der Waals surface area contributed by atoms with E-state index in [2.05, 4.69) is 40.9 Å². The first kappa shape index (κ1) is 29.8. The van der Waals surface area contributed by atoms with E-state index in [4.69, 9.17) is 4.74 Å². The molecule has 3 aliphatic heterocycles. The second-order valence-corrected chi connectivity index (χ2v) is 12.8. The van der Waals surface area contributed by atoms with Crippen LogP contribution in [0.3, 0.4) is 0 Å². The molecule has 3 aliphatic rings. The highest BCUT2D eigenvalue weighted by atomic mass is 32.2. The molecule has 208 valence electrons. The molecule has 1 N–H and O–H groups in total. The SMILES string of the molecule is C=CCCCOC(=O)[C@@H]1[C@H]2C(=O)N([C@@H](CO)CC(C)C)C(C(=O)N(CC=C)CCCC)C23S[C@@H]1CC3C. The number of hydrogen-bond acceptors (Lipinski definition) is 6. The van der Waals surface area contributed by atoms with Gasteiger partial charge in [0.05, 0.1) is 35.8 Å². The number of aliphatic hydroxyl groups excluding tert-OH is 1. The summed E-state index contributed by atoms with van der Waals surface area (Å²) in [5.41, 5.74) is 0. The van der Waals surface area contributed by atoms with Crippen LogP contribution in [0.25, 0.3) is 0 Å². The van der Waals surface area contributed by atoms with Gasteiger partial charge in [-0.3, -0.25) is 14.4 Å². The molecule has 1 spiro atoms. The summed E-state index contributed by atoms with van der Waals surface area (Å²) in [6.07, 6.45) is 8.14. The first-order chi connectivity index (χ1) is 17.7. The molecule has 8 heteroatoms. The fraction of sp³-hybridized carbons (Fsp3) is 0.759. The quantitative estimate of drug-likeness (QED) is 0.194. The second kappa shape index (κ2) is 12.8. The van der Waals surface area contributed by atoms with E-state index in [0.717, 1.165) is 25.7 Å². The Labute approximate surface area is 227 Å². The van der Waals surface area contributed by atoms with Crippen LogP contribution in [0.15, 0.2) is 25.3 Å². The van der Waals surface area contributed by atoms with Crippen LogP contribution in [-0.4, -0.2) is 81.1 Å². The molecule has 7 atom stereocenters. The van der Waals surface area contributed by atoms with Crippen molar-refractivity contribution in [2.24, 2.45) is 23.7 Å². The third-order valence-corrected chi connectivity index (χ3v) is 10.4. The number of nitrogens with zero attached hydrogens (tertiary/aromatic N) is 2. The minimum Gasteiger partial charge on any atom is -0.465 e. The molecule has 3 saturated heterocycles. The van der Waals surface area contributed by atoms with Crippen LogP contribution in [-0.2, 0) is 19.1 Å². The lowest BCUT2D eigenvalue weighted by Crippen LogP contribution is -2.59. The van der Waals surface area contributed by atoms with Crippen molar-refractivity contribution in [2.45, 2.75) is 88.3 Å². The van der Waals surface area contributed by atoms with E-state index in [1.165, 1.54) is 0 Å². The molecule has 3 fully saturated rings. The number of carbonyl (C=O) groups excluding carboxylic acids is 3. The lowest BCUT2D eigenvalue weighted by molar-refractivity contribution is -0.155. The summed E-state index contributed by atoms with van der Waals surface area (Å²) in [5, 5.41) is 10.4. The molecule has 0 saturated carbocycles. The minimum absolute atomic E-state index is 0.0468. The summed E-state index contributed by atoms with van der Waals surface area (Å²) in [5.74, 6) is -1.48. The number of rotatable bonds is 15. The van der Waals surface area contributed by atoms with Gasteiger partial charge in [-0.25, -0.2) is 0 Å². The topological polar surface area (TPSA) is 87.1 Å². The fourth-order valence-corrected chi connectivity index (χ4v) is 9.08. The van der Waals surface area contributed by atoms with Gasteiger partial charge in [-0.15, -0.1) is 24.9 Å². The molecule has 0 aliphatic carbocycles. The van der Waals surface area contributed by atoms with Crippen molar-refractivity contribution >= 4 is 29.5 Å². The standard InChI is InChI=1S/C29H46N2O5S/c1-7-10-12-15-36-28(35)23-22-17-20(6)29(37-22)24(23)26(33)31(21(18-32)16-19(4)5)25(29)27(34)30(13-9-3)14-11-8-2/h7,9,19-25,32H,1,3,8,10-18H2,2,4-6H3/t20?,21-,22-,23+,24+,25?,29?/m1/s1. The van der Waals surface area contributed by atoms with Crippen molar-refractivity contribution in [2.75, 3.05) is 26.3 Å². The molecule has 2 bridgehead atoms. The summed E-state index contributed by atoms with van der Waals surface area (Å²) < 4.78 is 4.95. The van der Waals surface area contributed by atoms with Crippen LogP contribution in [0.5, 0.6) is 0 Å². The van der Waals surface area contributed by atoms with Gasteiger partial charge < -0.3 is 19.6 Å². The molecule has 3 heterocycles. The maximum absolute atomic E-state index is 14.4. The van der Waals surface area contributed by atoms with Crippen LogP contribution in [0, 0.1) is 23.7 Å². The van der Waals surface area contributed by atoms with Crippen LogP contribution < -0.4 is 0 Å². The largest absolute Gasteiger partial charge is 0.465 e. The number of unbranched alkanes of at least 4 members (excludes halogenated alkanes) is 2. The maximum atomic E-state index is 14.4. The van der Waals surface area contributed by atoms with Crippen molar-refractivity contribution < 1.29 is 24.2 Å². The summed E-state index contributed by atoms with van der Waals surface area (Å²) >= 11 is 1.65. The molecule has 3 unspecified atom stereocenters. The molecular weight excluding hydrogens is 488 g/mol. The van der Waals surface area contributed by atoms with Crippen LogP contribution in [0.4, 0.5) is 0 Å². The zero-order valence-electron chi connectivity index (χ0n) is 23.1. The Morgan fingerprint density at radius 1 is 1.30 bits per heavy atom. The number of amides is 2. The predicted molar refractivity (Wildman–Crippen MR) is 148 cm³/mol. The zero-order chi connectivity index (χ0) is 27.3. The van der Waals surface area contributed by atoms with Gasteiger partial charge in [0.15, 0.2) is 0 Å². The molecule has 0 aromatic carbocycles. The molecular formula is C29H46N2O5S. The fourth-order valence-electron chi connectivity index (χ4n) is 6.69. The minimum atomic E-state index is -0.721. The highest BCUT2D eigenvalue weighted by molar-refractivity contribution is 8.02. The van der Waals surface area contributed by atoms with Crippen LogP contribution in [0.2, 0.25) is 0 Å². The second-order valence-electron chi connectivity index (χ2n) is 11.3. The Balaban J connectivity index is 2.04. The molecule has 0 aromatic rings. The van der Waals surface area contributed by atoms with Gasteiger partial charge >= 0.3 is 5.97 Å². The van der Waals surface area contributed by atoms with Crippen LogP contribution >= 0.6 is 11.8 Å². The van der Waals surface area contributed by atoms with Crippen molar-refractivity contribution in [1.29, 1.82) is 0 Å². The van der Waals surface area contributed by atoms with Crippen molar-refractivity contribution in [3.63, 3.8) is 0 Å². The number of aliphatic hydroxyl groups is 1. The molecule has 37 heavy (non-hydrogen) atoms. The Hall–Kier alpha value is -1.80. The number of carbonyl (C=O) groups is 3. The summed E-state index contributed by atoms with van der Waals surface area (Å²) in [4.78, 5) is 45.5. The Morgan fingerprint density at radius 3 is 2.62 bits per heavy atom. The number of esters is 1. The Morgan fingerprint density at radius 2 is 2.03 bits per heavy atom. The molecule has 7 nitrogen and oxygen atoms in total. The molecule has 2 amide bonds. The van der Waals surface area contributed by atoms with Gasteiger partial charge in [-0.1, -0.05) is 46.3 Å². The number of allylic oxidation sites excluding steroid dienone is 1. The number of thioether (sulfide) groups is 1. The van der Waals surface area contributed by atoms with E-state index in [-0.39, 0.29) is 41.5 Å². The number of likely N-dealkylation sites (tertiary alicyclic amines) is 1. The van der Waals surface area contributed by atoms with E-state index in [0.29, 0.717) is 32.5 Å². The van der Waals surface area contributed by atoms with Crippen molar-refractivity contribution in [1.82, 2.24) is 9.80 Å². The average molecular weight is 535 g/mol. The first-order valence-electron chi connectivity index (χ1n) is 14.0. The van der Waals surface area contributed by atoms with Gasteiger partial charge in [0, 0.05) is 18.3 Å². The van der Waals surface area contributed by atoms with Gasteiger partial charge in [0.2, 0.25) is 11.8 Å². The Bertz CT molecular complexity index is 863. The Kier molecular flexibility index (Phi) is 10.3. The van der Waals surface area contributed by atoms with E-state index < -0.39 is 28.7 Å². The number of fused-ring (bicyclic) bond motifs is 1. The van der Waals surface area contributed by atoms with Crippen molar-refractivity contribution in [3.8, 4) is 0 Å². The molecule has 3 rings (SSSR count). The van der Waals surface area contributed by atoms with E-state index in [9.17, 15) is 19.5 Å². The number of ether oxygens (including phenoxy) is 1. The molecule has 0 aromatic heterocycles.